The fourth-order valence-corrected chi connectivity index (χ4v) is 4.35. The van der Waals surface area contributed by atoms with E-state index in [0.29, 0.717) is 22.3 Å². The molecule has 2 aliphatic heterocycles. The molecule has 1 atom stereocenters. The second kappa shape index (κ2) is 7.90. The van der Waals surface area contributed by atoms with Gasteiger partial charge in [0.1, 0.15) is 0 Å². The third kappa shape index (κ3) is 3.96. The maximum atomic E-state index is 12.0. The number of nitrogens with zero attached hydrogens (tertiary/aromatic N) is 3. The first-order valence-electron chi connectivity index (χ1n) is 9.58. The van der Waals surface area contributed by atoms with Crippen molar-refractivity contribution in [1.82, 2.24) is 10.1 Å². The SMILES string of the molecule is O=C(O)c1c(N2CCCC(CN3CCCC3)C2)noc1-c1ccc(Cl)cc1. The average Bonchev–Trinajstić information content (AvgIpc) is 3.32. The molecule has 2 aromatic rings. The molecule has 0 saturated carbocycles. The highest BCUT2D eigenvalue weighted by molar-refractivity contribution is 6.30. The standard InChI is InChI=1S/C20H24ClN3O3/c21-16-7-5-15(6-8-16)18-17(20(25)26)19(22-27-18)24-11-3-4-14(13-24)12-23-9-1-2-10-23/h5-8,14H,1-4,9-13H2,(H,25,26). The van der Waals surface area contributed by atoms with E-state index >= 15 is 0 Å². The minimum absolute atomic E-state index is 0.138. The molecule has 2 aliphatic rings. The van der Waals surface area contributed by atoms with Crippen molar-refractivity contribution in [2.24, 2.45) is 5.92 Å². The molecule has 4 rings (SSSR count). The number of carboxylic acid groups (broad SMARTS) is 1. The van der Waals surface area contributed by atoms with Gasteiger partial charge in [-0.25, -0.2) is 4.79 Å². The molecule has 0 amide bonds. The van der Waals surface area contributed by atoms with Gasteiger partial charge in [-0.1, -0.05) is 16.8 Å². The van der Waals surface area contributed by atoms with Gasteiger partial charge < -0.3 is 19.4 Å². The van der Waals surface area contributed by atoms with Gasteiger partial charge in [-0.3, -0.25) is 0 Å². The van der Waals surface area contributed by atoms with Crippen LogP contribution in [0.1, 0.15) is 36.0 Å². The second-order valence-electron chi connectivity index (χ2n) is 7.48. The van der Waals surface area contributed by atoms with E-state index in [1.807, 2.05) is 0 Å². The minimum Gasteiger partial charge on any atom is -0.477 e. The third-order valence-corrected chi connectivity index (χ3v) is 5.78. The summed E-state index contributed by atoms with van der Waals surface area (Å²) in [6.45, 7) is 5.08. The number of aromatic nitrogens is 1. The Morgan fingerprint density at radius 1 is 1.19 bits per heavy atom. The van der Waals surface area contributed by atoms with Crippen molar-refractivity contribution in [2.45, 2.75) is 25.7 Å². The number of hydrogen-bond donors (Lipinski definition) is 1. The summed E-state index contributed by atoms with van der Waals surface area (Å²) in [7, 11) is 0. The van der Waals surface area contributed by atoms with Crippen LogP contribution in [0.2, 0.25) is 5.02 Å². The van der Waals surface area contributed by atoms with Crippen molar-refractivity contribution in [1.29, 1.82) is 0 Å². The number of carbonyl (C=O) groups is 1. The molecule has 2 saturated heterocycles. The van der Waals surface area contributed by atoms with Crippen LogP contribution < -0.4 is 4.90 Å². The molecule has 6 nitrogen and oxygen atoms in total. The molecule has 0 aliphatic carbocycles. The summed E-state index contributed by atoms with van der Waals surface area (Å²) in [4.78, 5) is 16.6. The molecule has 2 fully saturated rings. The number of halogens is 1. The first-order chi connectivity index (χ1) is 13.1. The van der Waals surface area contributed by atoms with Gasteiger partial charge >= 0.3 is 5.97 Å². The maximum Gasteiger partial charge on any atom is 0.343 e. The van der Waals surface area contributed by atoms with Gasteiger partial charge in [0.05, 0.1) is 0 Å². The monoisotopic (exact) mass is 389 g/mol. The Bertz CT molecular complexity index is 799. The zero-order chi connectivity index (χ0) is 18.8. The number of aromatic carboxylic acids is 1. The van der Waals surface area contributed by atoms with E-state index in [4.69, 9.17) is 16.1 Å². The highest BCUT2D eigenvalue weighted by atomic mass is 35.5. The molecule has 0 bridgehead atoms. The average molecular weight is 390 g/mol. The maximum absolute atomic E-state index is 12.0. The van der Waals surface area contributed by atoms with E-state index in [9.17, 15) is 9.90 Å². The van der Waals surface area contributed by atoms with E-state index < -0.39 is 5.97 Å². The Labute approximate surface area is 163 Å². The van der Waals surface area contributed by atoms with Gasteiger partial charge in [-0.15, -0.1) is 0 Å². The number of piperidine rings is 1. The molecule has 1 aromatic carbocycles. The molecule has 144 valence electrons. The molecule has 0 spiro atoms. The molecular formula is C20H24ClN3O3. The summed E-state index contributed by atoms with van der Waals surface area (Å²) in [5.41, 5.74) is 0.806. The van der Waals surface area contributed by atoms with E-state index in [0.717, 1.165) is 26.1 Å². The van der Waals surface area contributed by atoms with Crippen LogP contribution >= 0.6 is 11.6 Å². The van der Waals surface area contributed by atoms with Crippen molar-refractivity contribution in [3.63, 3.8) is 0 Å². The van der Waals surface area contributed by atoms with Gasteiger partial charge in [-0.2, -0.15) is 0 Å². The topological polar surface area (TPSA) is 69.8 Å². The largest absolute Gasteiger partial charge is 0.477 e. The molecule has 0 radical (unpaired) electrons. The van der Waals surface area contributed by atoms with E-state index in [1.165, 1.54) is 32.4 Å². The lowest BCUT2D eigenvalue weighted by Gasteiger charge is -2.34. The van der Waals surface area contributed by atoms with Gasteiger partial charge in [0, 0.05) is 30.2 Å². The lowest BCUT2D eigenvalue weighted by molar-refractivity contribution is 0.0697. The minimum atomic E-state index is -1.02. The fourth-order valence-electron chi connectivity index (χ4n) is 4.23. The van der Waals surface area contributed by atoms with Gasteiger partial charge in [-0.05, 0) is 69.0 Å². The van der Waals surface area contributed by atoms with Crippen LogP contribution in [-0.4, -0.2) is 53.9 Å². The smallest absolute Gasteiger partial charge is 0.343 e. The highest BCUT2D eigenvalue weighted by Crippen LogP contribution is 2.34. The van der Waals surface area contributed by atoms with E-state index in [-0.39, 0.29) is 11.3 Å². The van der Waals surface area contributed by atoms with E-state index in [2.05, 4.69) is 15.0 Å². The Hall–Kier alpha value is -2.05. The number of carboxylic acids is 1. The summed E-state index contributed by atoms with van der Waals surface area (Å²) in [5.74, 6) is 0.251. The van der Waals surface area contributed by atoms with Crippen molar-refractivity contribution >= 4 is 23.4 Å². The molecule has 27 heavy (non-hydrogen) atoms. The van der Waals surface area contributed by atoms with Crippen LogP contribution in [0.5, 0.6) is 0 Å². The molecule has 3 heterocycles. The quantitative estimate of drug-likeness (QED) is 0.833. The Kier molecular flexibility index (Phi) is 5.36. The molecule has 7 heteroatoms. The van der Waals surface area contributed by atoms with Crippen LogP contribution in [0.4, 0.5) is 5.82 Å². The predicted octanol–water partition coefficient (Wildman–Crippen LogP) is 4.01. The normalized spacial score (nSPS) is 20.9. The highest BCUT2D eigenvalue weighted by Gasteiger charge is 2.31. The zero-order valence-corrected chi connectivity index (χ0v) is 16.0. The van der Waals surface area contributed by atoms with Crippen LogP contribution in [-0.2, 0) is 0 Å². The zero-order valence-electron chi connectivity index (χ0n) is 15.2. The van der Waals surface area contributed by atoms with Crippen molar-refractivity contribution in [3.8, 4) is 11.3 Å². The first-order valence-corrected chi connectivity index (χ1v) is 9.96. The predicted molar refractivity (Wildman–Crippen MR) is 105 cm³/mol. The first kappa shape index (κ1) is 18.3. The lowest BCUT2D eigenvalue weighted by atomic mass is 9.97. The molecule has 1 unspecified atom stereocenters. The van der Waals surface area contributed by atoms with Crippen LogP contribution in [0.25, 0.3) is 11.3 Å². The molecular weight excluding hydrogens is 366 g/mol. The van der Waals surface area contributed by atoms with Crippen LogP contribution in [0, 0.1) is 5.92 Å². The third-order valence-electron chi connectivity index (χ3n) is 5.53. The number of anilines is 1. The molecule has 1 N–H and O–H groups in total. The van der Waals surface area contributed by atoms with Crippen molar-refractivity contribution < 1.29 is 14.4 Å². The summed E-state index contributed by atoms with van der Waals surface area (Å²) in [6, 6.07) is 6.95. The Morgan fingerprint density at radius 2 is 1.93 bits per heavy atom. The van der Waals surface area contributed by atoms with Gasteiger partial charge in [0.25, 0.3) is 0 Å². The van der Waals surface area contributed by atoms with Crippen LogP contribution in [0.3, 0.4) is 0 Å². The van der Waals surface area contributed by atoms with Gasteiger partial charge in [0.2, 0.25) is 0 Å². The summed E-state index contributed by atoms with van der Waals surface area (Å²) < 4.78 is 5.48. The Balaban J connectivity index is 1.57. The fraction of sp³-hybridized carbons (Fsp3) is 0.500. The summed E-state index contributed by atoms with van der Waals surface area (Å²) in [5, 5.41) is 14.6. The number of hydrogen-bond acceptors (Lipinski definition) is 5. The van der Waals surface area contributed by atoms with Crippen molar-refractivity contribution in [3.05, 3.63) is 34.9 Å². The molecule has 1 aromatic heterocycles. The summed E-state index contributed by atoms with van der Waals surface area (Å²) in [6.07, 6.45) is 4.79. The van der Waals surface area contributed by atoms with E-state index in [1.54, 1.807) is 24.3 Å². The second-order valence-corrected chi connectivity index (χ2v) is 7.92. The number of rotatable bonds is 5. The lowest BCUT2D eigenvalue weighted by Crippen LogP contribution is -2.41. The summed E-state index contributed by atoms with van der Waals surface area (Å²) >= 11 is 5.94. The number of likely N-dealkylation sites (tertiary alicyclic amines) is 1. The number of benzene rings is 1. The van der Waals surface area contributed by atoms with Crippen LogP contribution in [0.15, 0.2) is 28.8 Å². The van der Waals surface area contributed by atoms with Crippen molar-refractivity contribution in [2.75, 3.05) is 37.6 Å². The Morgan fingerprint density at radius 3 is 2.63 bits per heavy atom. The van der Waals surface area contributed by atoms with Gasteiger partial charge in [0.15, 0.2) is 17.1 Å².